The lowest BCUT2D eigenvalue weighted by Crippen LogP contribution is -2.50. The SMILES string of the molecule is CCSc1nnc(S[C@H](C)C(=O)N2CCN(c3ccccc3)CC2)s1. The van der Waals surface area contributed by atoms with Gasteiger partial charge in [0, 0.05) is 31.9 Å². The number of carbonyl (C=O) groups is 1. The predicted molar refractivity (Wildman–Crippen MR) is 107 cm³/mol. The Labute approximate surface area is 161 Å². The fraction of sp³-hybridized carbons (Fsp3) is 0.471. The molecule has 1 aromatic carbocycles. The second-order valence-electron chi connectivity index (χ2n) is 5.67. The highest BCUT2D eigenvalue weighted by Crippen LogP contribution is 2.31. The Bertz CT molecular complexity index is 686. The number of amides is 1. The summed E-state index contributed by atoms with van der Waals surface area (Å²) in [5.74, 6) is 1.18. The van der Waals surface area contributed by atoms with Gasteiger partial charge in [0.15, 0.2) is 8.68 Å². The average molecular weight is 395 g/mol. The second-order valence-corrected chi connectivity index (χ2v) is 9.75. The number of nitrogens with zero attached hydrogens (tertiary/aromatic N) is 4. The molecule has 1 saturated heterocycles. The lowest BCUT2D eigenvalue weighted by atomic mass is 10.2. The Hall–Kier alpha value is -1.25. The number of hydrogen-bond donors (Lipinski definition) is 0. The molecule has 2 aromatic rings. The first-order chi connectivity index (χ1) is 12.2. The molecule has 1 amide bonds. The standard InChI is InChI=1S/C17H22N4OS3/c1-3-23-16-18-19-17(25-16)24-13(2)15(22)21-11-9-20(10-12-21)14-7-5-4-6-8-14/h4-8,13H,3,9-12H2,1-2H3/t13-/m1/s1. The van der Waals surface area contributed by atoms with Gasteiger partial charge in [-0.1, -0.05) is 60.0 Å². The molecule has 5 nitrogen and oxygen atoms in total. The van der Waals surface area contributed by atoms with Crippen molar-refractivity contribution in [2.75, 3.05) is 36.8 Å². The number of piperazine rings is 1. The van der Waals surface area contributed by atoms with E-state index in [0.717, 1.165) is 40.6 Å². The van der Waals surface area contributed by atoms with E-state index in [-0.39, 0.29) is 11.2 Å². The van der Waals surface area contributed by atoms with Crippen molar-refractivity contribution < 1.29 is 4.79 Å². The van der Waals surface area contributed by atoms with Gasteiger partial charge in [0.2, 0.25) is 5.91 Å². The van der Waals surface area contributed by atoms with Crippen LogP contribution in [0.4, 0.5) is 5.69 Å². The van der Waals surface area contributed by atoms with Gasteiger partial charge in [-0.05, 0) is 24.8 Å². The lowest BCUT2D eigenvalue weighted by molar-refractivity contribution is -0.130. The predicted octanol–water partition coefficient (Wildman–Crippen LogP) is 3.48. The number of benzene rings is 1. The maximum absolute atomic E-state index is 12.7. The van der Waals surface area contributed by atoms with E-state index in [9.17, 15) is 4.79 Å². The molecule has 0 radical (unpaired) electrons. The van der Waals surface area contributed by atoms with Gasteiger partial charge in [-0.25, -0.2) is 0 Å². The van der Waals surface area contributed by atoms with E-state index in [0.29, 0.717) is 0 Å². The molecule has 1 aliphatic heterocycles. The highest BCUT2D eigenvalue weighted by atomic mass is 32.2. The van der Waals surface area contributed by atoms with Crippen molar-refractivity contribution in [2.24, 2.45) is 0 Å². The number of para-hydroxylation sites is 1. The van der Waals surface area contributed by atoms with Gasteiger partial charge in [0.25, 0.3) is 0 Å². The summed E-state index contributed by atoms with van der Waals surface area (Å²) >= 11 is 4.78. The smallest absolute Gasteiger partial charge is 0.235 e. The molecule has 0 aliphatic carbocycles. The summed E-state index contributed by atoms with van der Waals surface area (Å²) in [6, 6.07) is 10.4. The largest absolute Gasteiger partial charge is 0.368 e. The van der Waals surface area contributed by atoms with Crippen LogP contribution < -0.4 is 4.90 Å². The molecule has 134 valence electrons. The third-order valence-corrected chi connectivity index (χ3v) is 7.10. The summed E-state index contributed by atoms with van der Waals surface area (Å²) in [6.07, 6.45) is 0. The van der Waals surface area contributed by atoms with E-state index in [1.165, 1.54) is 17.4 Å². The van der Waals surface area contributed by atoms with E-state index < -0.39 is 0 Å². The number of carbonyl (C=O) groups excluding carboxylic acids is 1. The minimum atomic E-state index is -0.129. The van der Waals surface area contributed by atoms with Crippen LogP contribution in [0.3, 0.4) is 0 Å². The van der Waals surface area contributed by atoms with Crippen LogP contribution in [-0.4, -0.2) is 58.2 Å². The first kappa shape index (κ1) is 18.5. The molecule has 0 unspecified atom stereocenters. The van der Waals surface area contributed by atoms with Crippen LogP contribution in [-0.2, 0) is 4.79 Å². The third kappa shape index (κ3) is 4.89. The van der Waals surface area contributed by atoms with E-state index >= 15 is 0 Å². The molecular formula is C17H22N4OS3. The molecule has 2 heterocycles. The Balaban J connectivity index is 1.51. The van der Waals surface area contributed by atoms with Crippen LogP contribution in [0.2, 0.25) is 0 Å². The number of thioether (sulfide) groups is 2. The highest BCUT2D eigenvalue weighted by Gasteiger charge is 2.26. The molecule has 1 aromatic heterocycles. The zero-order chi connectivity index (χ0) is 17.6. The monoisotopic (exact) mass is 394 g/mol. The van der Waals surface area contributed by atoms with Crippen molar-refractivity contribution in [3.05, 3.63) is 30.3 Å². The molecule has 0 N–H and O–H groups in total. The number of rotatable bonds is 6. The highest BCUT2D eigenvalue weighted by molar-refractivity contribution is 8.03. The minimum Gasteiger partial charge on any atom is -0.368 e. The van der Waals surface area contributed by atoms with E-state index in [1.807, 2.05) is 17.9 Å². The number of anilines is 1. The van der Waals surface area contributed by atoms with Gasteiger partial charge in [-0.15, -0.1) is 10.2 Å². The van der Waals surface area contributed by atoms with Crippen molar-refractivity contribution in [1.29, 1.82) is 0 Å². The Morgan fingerprint density at radius 2 is 1.84 bits per heavy atom. The minimum absolute atomic E-state index is 0.129. The van der Waals surface area contributed by atoms with Gasteiger partial charge in [-0.3, -0.25) is 4.79 Å². The summed E-state index contributed by atoms with van der Waals surface area (Å²) in [7, 11) is 0. The van der Waals surface area contributed by atoms with Crippen LogP contribution in [0, 0.1) is 0 Å². The van der Waals surface area contributed by atoms with Crippen LogP contribution in [0.5, 0.6) is 0 Å². The molecule has 1 fully saturated rings. The molecular weight excluding hydrogens is 372 g/mol. The summed E-state index contributed by atoms with van der Waals surface area (Å²) < 4.78 is 1.85. The summed E-state index contributed by atoms with van der Waals surface area (Å²) in [4.78, 5) is 17.0. The topological polar surface area (TPSA) is 49.3 Å². The third-order valence-electron chi connectivity index (χ3n) is 3.99. The van der Waals surface area contributed by atoms with Crippen molar-refractivity contribution in [3.8, 4) is 0 Å². The Morgan fingerprint density at radius 3 is 2.52 bits per heavy atom. The van der Waals surface area contributed by atoms with Crippen molar-refractivity contribution in [3.63, 3.8) is 0 Å². The van der Waals surface area contributed by atoms with Gasteiger partial charge < -0.3 is 9.80 Å². The zero-order valence-electron chi connectivity index (χ0n) is 14.4. The maximum Gasteiger partial charge on any atom is 0.235 e. The Morgan fingerprint density at radius 1 is 1.16 bits per heavy atom. The first-order valence-electron chi connectivity index (χ1n) is 8.39. The van der Waals surface area contributed by atoms with E-state index in [4.69, 9.17) is 0 Å². The van der Waals surface area contributed by atoms with Crippen LogP contribution in [0.15, 0.2) is 39.0 Å². The van der Waals surface area contributed by atoms with Crippen molar-refractivity contribution in [1.82, 2.24) is 15.1 Å². The maximum atomic E-state index is 12.7. The van der Waals surface area contributed by atoms with Gasteiger partial charge in [0.05, 0.1) is 5.25 Å². The number of aromatic nitrogens is 2. The second kappa shape index (κ2) is 8.91. The molecule has 1 atom stereocenters. The first-order valence-corrected chi connectivity index (χ1v) is 11.1. The Kier molecular flexibility index (Phi) is 6.61. The molecule has 0 saturated carbocycles. The van der Waals surface area contributed by atoms with E-state index in [2.05, 4.69) is 46.3 Å². The van der Waals surface area contributed by atoms with E-state index in [1.54, 1.807) is 23.1 Å². The molecule has 1 aliphatic rings. The van der Waals surface area contributed by atoms with Gasteiger partial charge >= 0.3 is 0 Å². The molecule has 3 rings (SSSR count). The van der Waals surface area contributed by atoms with Crippen molar-refractivity contribution in [2.45, 2.75) is 27.8 Å². The lowest BCUT2D eigenvalue weighted by Gasteiger charge is -2.37. The number of hydrogen-bond acceptors (Lipinski definition) is 7. The quantitative estimate of drug-likeness (QED) is 0.699. The molecule has 8 heteroatoms. The average Bonchev–Trinajstić information content (AvgIpc) is 3.09. The summed E-state index contributed by atoms with van der Waals surface area (Å²) in [6.45, 7) is 7.36. The van der Waals surface area contributed by atoms with Crippen LogP contribution in [0.25, 0.3) is 0 Å². The molecule has 25 heavy (non-hydrogen) atoms. The summed E-state index contributed by atoms with van der Waals surface area (Å²) in [5, 5.41) is 8.21. The summed E-state index contributed by atoms with van der Waals surface area (Å²) in [5.41, 5.74) is 1.23. The van der Waals surface area contributed by atoms with Gasteiger partial charge in [-0.2, -0.15) is 0 Å². The van der Waals surface area contributed by atoms with Crippen LogP contribution in [0.1, 0.15) is 13.8 Å². The molecule has 0 spiro atoms. The van der Waals surface area contributed by atoms with Gasteiger partial charge in [0.1, 0.15) is 0 Å². The molecule has 0 bridgehead atoms. The van der Waals surface area contributed by atoms with Crippen molar-refractivity contribution >= 4 is 46.5 Å². The fourth-order valence-electron chi connectivity index (χ4n) is 2.71. The fourth-order valence-corrected chi connectivity index (χ4v) is 5.85. The normalized spacial score (nSPS) is 16.1. The van der Waals surface area contributed by atoms with Crippen LogP contribution >= 0.6 is 34.9 Å². The zero-order valence-corrected chi connectivity index (χ0v) is 16.9.